The van der Waals surface area contributed by atoms with Gasteiger partial charge >= 0.3 is 0 Å². The van der Waals surface area contributed by atoms with Gasteiger partial charge < -0.3 is 40.4 Å². The molecule has 0 unspecified atom stereocenters. The Kier molecular flexibility index (Phi) is 13.0. The molecule has 4 aromatic rings. The van der Waals surface area contributed by atoms with E-state index < -0.39 is 6.29 Å². The predicted octanol–water partition coefficient (Wildman–Crippen LogP) is 6.91. The molecule has 0 radical (unpaired) electrons. The molecule has 1 fully saturated rings. The van der Waals surface area contributed by atoms with Gasteiger partial charge in [0, 0.05) is 50.1 Å². The van der Waals surface area contributed by atoms with E-state index in [1.165, 1.54) is 11.1 Å². The molecule has 2 amide bonds. The maximum atomic E-state index is 12.7. The molecule has 2 heterocycles. The topological polar surface area (TPSA) is 145 Å². The van der Waals surface area contributed by atoms with Crippen molar-refractivity contribution in [3.05, 3.63) is 113 Å². The third kappa shape index (κ3) is 10.1. The van der Waals surface area contributed by atoms with Crippen molar-refractivity contribution in [2.24, 2.45) is 0 Å². The van der Waals surface area contributed by atoms with Crippen LogP contribution in [0.15, 0.2) is 84.9 Å². The first-order valence-electron chi connectivity index (χ1n) is 18.3. The van der Waals surface area contributed by atoms with Crippen LogP contribution in [0.2, 0.25) is 0 Å². The molecule has 3 atom stereocenters. The van der Waals surface area contributed by atoms with E-state index in [9.17, 15) is 14.7 Å². The number of aliphatic hydroxyl groups is 1. The number of carbonyl (C=O) groups is 2. The Morgan fingerprint density at radius 2 is 1.49 bits per heavy atom. The SMILES string of the molecule is COc1cc2c(cc1OC)CN(C[C@@H]1C[C@H](c3ccc(CO)cc3)O[C@H](c3ccc(NC(=O)CCCCCC(=O)Nc4ccccc4N)cc3)O1)CC2. The van der Waals surface area contributed by atoms with E-state index in [0.717, 1.165) is 60.7 Å². The van der Waals surface area contributed by atoms with E-state index >= 15 is 0 Å². The van der Waals surface area contributed by atoms with Crippen LogP contribution in [0, 0.1) is 0 Å². The lowest BCUT2D eigenvalue weighted by atomic mass is 9.97. The molecular weight excluding hydrogens is 672 g/mol. The van der Waals surface area contributed by atoms with Crippen LogP contribution in [-0.2, 0) is 38.6 Å². The van der Waals surface area contributed by atoms with Gasteiger partial charge in [0.1, 0.15) is 0 Å². The van der Waals surface area contributed by atoms with Gasteiger partial charge in [-0.15, -0.1) is 0 Å². The van der Waals surface area contributed by atoms with Gasteiger partial charge in [-0.25, -0.2) is 0 Å². The van der Waals surface area contributed by atoms with Crippen LogP contribution in [0.1, 0.15) is 78.7 Å². The van der Waals surface area contributed by atoms with E-state index in [0.29, 0.717) is 49.2 Å². The summed E-state index contributed by atoms with van der Waals surface area (Å²) in [5.41, 5.74) is 13.0. The van der Waals surface area contributed by atoms with Crippen LogP contribution in [0.5, 0.6) is 11.5 Å². The number of benzene rings is 4. The fraction of sp³-hybridized carbons (Fsp3) is 0.381. The summed E-state index contributed by atoms with van der Waals surface area (Å²) in [5.74, 6) is 1.32. The molecule has 5 N–H and O–H groups in total. The number of rotatable bonds is 15. The fourth-order valence-electron chi connectivity index (χ4n) is 6.94. The summed E-state index contributed by atoms with van der Waals surface area (Å²) in [6.07, 6.45) is 3.56. The van der Waals surface area contributed by atoms with Crippen molar-refractivity contribution >= 4 is 28.9 Å². The maximum absolute atomic E-state index is 12.7. The Morgan fingerprint density at radius 3 is 2.17 bits per heavy atom. The number of fused-ring (bicyclic) bond motifs is 1. The largest absolute Gasteiger partial charge is 0.493 e. The van der Waals surface area contributed by atoms with Crippen LogP contribution in [0.3, 0.4) is 0 Å². The Morgan fingerprint density at radius 1 is 0.830 bits per heavy atom. The monoisotopic (exact) mass is 722 g/mol. The lowest BCUT2D eigenvalue weighted by Crippen LogP contribution is -2.41. The average Bonchev–Trinajstić information content (AvgIpc) is 3.18. The van der Waals surface area contributed by atoms with Gasteiger partial charge in [-0.1, -0.05) is 55.0 Å². The number of nitrogen functional groups attached to an aromatic ring is 1. The molecule has 6 rings (SSSR count). The molecule has 53 heavy (non-hydrogen) atoms. The number of amides is 2. The zero-order valence-corrected chi connectivity index (χ0v) is 30.5. The van der Waals surface area contributed by atoms with Gasteiger partial charge in [-0.3, -0.25) is 14.5 Å². The predicted molar refractivity (Wildman–Crippen MR) is 205 cm³/mol. The number of aliphatic hydroxyl groups excluding tert-OH is 1. The molecule has 4 aromatic carbocycles. The summed E-state index contributed by atoms with van der Waals surface area (Å²) < 4.78 is 24.3. The highest BCUT2D eigenvalue weighted by Gasteiger charge is 2.34. The van der Waals surface area contributed by atoms with Gasteiger partial charge in [-0.2, -0.15) is 0 Å². The maximum Gasteiger partial charge on any atom is 0.224 e. The molecule has 11 nitrogen and oxygen atoms in total. The van der Waals surface area contributed by atoms with Crippen LogP contribution in [-0.4, -0.2) is 55.2 Å². The van der Waals surface area contributed by atoms with Gasteiger partial charge in [-0.05, 0) is 77.9 Å². The smallest absolute Gasteiger partial charge is 0.224 e. The number of unbranched alkanes of at least 4 members (excludes halogenated alkanes) is 2. The van der Waals surface area contributed by atoms with Crippen molar-refractivity contribution in [2.75, 3.05) is 43.7 Å². The lowest BCUT2D eigenvalue weighted by Gasteiger charge is -2.39. The van der Waals surface area contributed by atoms with E-state index in [-0.39, 0.29) is 30.6 Å². The first-order chi connectivity index (χ1) is 25.8. The van der Waals surface area contributed by atoms with Crippen LogP contribution in [0.4, 0.5) is 17.1 Å². The average molecular weight is 723 g/mol. The number of nitrogens with two attached hydrogens (primary N) is 1. The molecule has 2 aliphatic heterocycles. The number of anilines is 3. The summed E-state index contributed by atoms with van der Waals surface area (Å²) >= 11 is 0. The van der Waals surface area contributed by atoms with Gasteiger partial charge in [0.25, 0.3) is 0 Å². The number of methoxy groups -OCH3 is 2. The second kappa shape index (κ2) is 18.2. The highest BCUT2D eigenvalue weighted by molar-refractivity contribution is 5.93. The zero-order chi connectivity index (χ0) is 37.2. The quantitative estimate of drug-likeness (QED) is 0.0760. The number of nitrogens with one attached hydrogen (secondary N) is 2. The molecular formula is C42H50N4O7. The molecule has 0 bridgehead atoms. The van der Waals surface area contributed by atoms with Crippen LogP contribution in [0.25, 0.3) is 0 Å². The zero-order valence-electron chi connectivity index (χ0n) is 30.5. The minimum Gasteiger partial charge on any atom is -0.493 e. The number of hydrogen-bond donors (Lipinski definition) is 4. The van der Waals surface area contributed by atoms with Crippen molar-refractivity contribution < 1.29 is 33.6 Å². The molecule has 0 aromatic heterocycles. The van der Waals surface area contributed by atoms with E-state index in [1.807, 2.05) is 60.7 Å². The Labute approximate surface area is 311 Å². The molecule has 280 valence electrons. The van der Waals surface area contributed by atoms with Crippen molar-refractivity contribution in [1.29, 1.82) is 0 Å². The number of para-hydroxylation sites is 2. The summed E-state index contributed by atoms with van der Waals surface area (Å²) in [7, 11) is 3.32. The van der Waals surface area contributed by atoms with Gasteiger partial charge in [0.05, 0.1) is 44.4 Å². The van der Waals surface area contributed by atoms with Crippen LogP contribution < -0.4 is 25.8 Å². The summed E-state index contributed by atoms with van der Waals surface area (Å²) in [6.45, 7) is 2.40. The Bertz CT molecular complexity index is 1830. The van der Waals surface area contributed by atoms with Crippen molar-refractivity contribution in [3.8, 4) is 11.5 Å². The summed E-state index contributed by atoms with van der Waals surface area (Å²) in [4.78, 5) is 27.4. The molecule has 0 spiro atoms. The number of ether oxygens (including phenoxy) is 4. The second-order valence-corrected chi connectivity index (χ2v) is 13.7. The third-order valence-electron chi connectivity index (χ3n) is 9.88. The highest BCUT2D eigenvalue weighted by Crippen LogP contribution is 2.39. The second-order valence-electron chi connectivity index (χ2n) is 13.7. The molecule has 0 saturated carbocycles. The van der Waals surface area contributed by atoms with Gasteiger partial charge in [0.15, 0.2) is 17.8 Å². The van der Waals surface area contributed by atoms with E-state index in [2.05, 4.69) is 27.7 Å². The number of hydrogen-bond acceptors (Lipinski definition) is 9. The van der Waals surface area contributed by atoms with Crippen LogP contribution >= 0.6 is 0 Å². The van der Waals surface area contributed by atoms with Gasteiger partial charge in [0.2, 0.25) is 11.8 Å². The normalized spacial score (nSPS) is 18.5. The summed E-state index contributed by atoms with van der Waals surface area (Å²) in [6, 6.07) is 26.8. The van der Waals surface area contributed by atoms with Crippen molar-refractivity contribution in [2.45, 2.75) is 76.6 Å². The molecule has 2 aliphatic rings. The first kappa shape index (κ1) is 37.8. The molecule has 11 heteroatoms. The molecule has 1 saturated heterocycles. The third-order valence-corrected chi connectivity index (χ3v) is 9.88. The van der Waals surface area contributed by atoms with Crippen molar-refractivity contribution in [1.82, 2.24) is 4.90 Å². The van der Waals surface area contributed by atoms with E-state index in [4.69, 9.17) is 24.7 Å². The summed E-state index contributed by atoms with van der Waals surface area (Å²) in [5, 5.41) is 15.4. The number of nitrogens with zero attached hydrogens (tertiary/aromatic N) is 1. The van der Waals surface area contributed by atoms with E-state index in [1.54, 1.807) is 26.4 Å². The number of carbonyl (C=O) groups excluding carboxylic acids is 2. The van der Waals surface area contributed by atoms with Crippen molar-refractivity contribution in [3.63, 3.8) is 0 Å². The minimum atomic E-state index is -0.599. The lowest BCUT2D eigenvalue weighted by molar-refractivity contribution is -0.253. The minimum absolute atomic E-state index is 0.0136. The fourth-order valence-corrected chi connectivity index (χ4v) is 6.94. The standard InChI is InChI=1S/C42H50N4O7/c1-50-38-22-31-20-21-46(25-32(31)23-39(38)51-2)26-34-24-37(29-14-12-28(27-47)13-15-29)53-42(52-34)30-16-18-33(19-17-30)44-40(48)10-4-3-5-11-41(49)45-36-9-7-6-8-35(36)43/h6-9,12-19,22-23,34,37,42,47H,3-5,10-11,20-21,24-27,43H2,1-2H3,(H,44,48)(H,45,49)/t34-,37+,42+/m0/s1. The highest BCUT2D eigenvalue weighted by atomic mass is 16.7. The Hall–Kier alpha value is -4.94. The first-order valence-corrected chi connectivity index (χ1v) is 18.3. The Balaban J connectivity index is 1.03. The molecule has 0 aliphatic carbocycles.